The van der Waals surface area contributed by atoms with E-state index in [0.717, 1.165) is 12.8 Å². The van der Waals surface area contributed by atoms with E-state index in [1.54, 1.807) is 0 Å². The van der Waals surface area contributed by atoms with Crippen LogP contribution in [0.25, 0.3) is 0 Å². The fourth-order valence-corrected chi connectivity index (χ4v) is 5.21. The minimum absolute atomic E-state index is 0.0812. The minimum atomic E-state index is -0.0812. The molecule has 0 aromatic heterocycles. The molecule has 2 aromatic rings. The van der Waals surface area contributed by atoms with E-state index < -0.39 is 0 Å². The molecule has 2 fully saturated rings. The number of hydrogen-bond acceptors (Lipinski definition) is 3. The zero-order chi connectivity index (χ0) is 20.6. The maximum Gasteiger partial charge on any atom is 0.114 e. The van der Waals surface area contributed by atoms with Gasteiger partial charge in [-0.1, -0.05) is 74.5 Å². The molecular weight excluding hydrogens is 358 g/mol. The van der Waals surface area contributed by atoms with Crippen molar-refractivity contribution in [2.75, 3.05) is 0 Å². The molecule has 156 valence electrons. The van der Waals surface area contributed by atoms with Gasteiger partial charge >= 0.3 is 0 Å². The van der Waals surface area contributed by atoms with Crippen LogP contribution in [0, 0.1) is 0 Å². The van der Waals surface area contributed by atoms with Crippen LogP contribution >= 0.6 is 0 Å². The second-order valence-electron chi connectivity index (χ2n) is 9.19. The molecule has 0 aliphatic carbocycles. The van der Waals surface area contributed by atoms with E-state index in [9.17, 15) is 0 Å². The average Bonchev–Trinajstić information content (AvgIpc) is 3.14. The number of ether oxygens (including phenoxy) is 2. The molecule has 0 N–H and O–H groups in total. The van der Waals surface area contributed by atoms with Crippen molar-refractivity contribution in [3.63, 3.8) is 0 Å². The summed E-state index contributed by atoms with van der Waals surface area (Å²) >= 11 is 0. The second-order valence-corrected chi connectivity index (χ2v) is 9.19. The van der Waals surface area contributed by atoms with Gasteiger partial charge < -0.3 is 9.47 Å². The van der Waals surface area contributed by atoms with Gasteiger partial charge in [-0.3, -0.25) is 0 Å². The summed E-state index contributed by atoms with van der Waals surface area (Å²) in [5, 5.41) is 0. The monoisotopic (exact) mass is 393 g/mol. The smallest absolute Gasteiger partial charge is 0.114 e. The number of benzene rings is 2. The highest BCUT2D eigenvalue weighted by Crippen LogP contribution is 2.48. The Morgan fingerprint density at radius 2 is 1.14 bits per heavy atom. The molecule has 0 spiro atoms. The van der Waals surface area contributed by atoms with Crippen molar-refractivity contribution >= 4 is 0 Å². The Balaban J connectivity index is 1.54. The molecule has 3 heteroatoms. The molecular formula is C26H35NO2. The minimum Gasteiger partial charge on any atom is -0.358 e. The predicted molar refractivity (Wildman–Crippen MR) is 118 cm³/mol. The van der Waals surface area contributed by atoms with Crippen LogP contribution in [0.4, 0.5) is 0 Å². The number of fused-ring (bicyclic) bond motifs is 1. The molecule has 6 atom stereocenters. The molecule has 2 aromatic carbocycles. The highest BCUT2D eigenvalue weighted by atomic mass is 16.6. The first-order valence-electron chi connectivity index (χ1n) is 11.1. The fourth-order valence-electron chi connectivity index (χ4n) is 5.21. The Morgan fingerprint density at radius 1 is 0.759 bits per heavy atom. The molecule has 2 heterocycles. The molecule has 0 bridgehead atoms. The van der Waals surface area contributed by atoms with Crippen LogP contribution in [0.5, 0.6) is 0 Å². The molecule has 2 saturated heterocycles. The van der Waals surface area contributed by atoms with E-state index in [4.69, 9.17) is 9.47 Å². The van der Waals surface area contributed by atoms with Crippen LogP contribution in [-0.4, -0.2) is 35.1 Å². The normalized spacial score (nSPS) is 34.1. The lowest BCUT2D eigenvalue weighted by molar-refractivity contribution is -0.0898. The lowest BCUT2D eigenvalue weighted by Gasteiger charge is -2.35. The third-order valence-electron chi connectivity index (χ3n) is 7.39. The topological polar surface area (TPSA) is 21.7 Å². The van der Waals surface area contributed by atoms with Gasteiger partial charge in [0.05, 0.1) is 17.7 Å². The zero-order valence-corrected chi connectivity index (χ0v) is 18.4. The van der Waals surface area contributed by atoms with Gasteiger partial charge in [-0.2, -0.15) is 0 Å². The highest BCUT2D eigenvalue weighted by molar-refractivity contribution is 5.21. The Kier molecular flexibility index (Phi) is 5.83. The predicted octanol–water partition coefficient (Wildman–Crippen LogP) is 5.92. The first-order chi connectivity index (χ1) is 13.9. The summed E-state index contributed by atoms with van der Waals surface area (Å²) in [6.45, 7) is 11.4. The summed E-state index contributed by atoms with van der Waals surface area (Å²) in [5.74, 6) is 0.887. The Hall–Kier alpha value is -1.68. The Morgan fingerprint density at radius 3 is 1.52 bits per heavy atom. The van der Waals surface area contributed by atoms with Crippen LogP contribution in [0.3, 0.4) is 0 Å². The Labute approximate surface area is 176 Å². The summed E-state index contributed by atoms with van der Waals surface area (Å²) in [5.41, 5.74) is 2.67. The van der Waals surface area contributed by atoms with Gasteiger partial charge in [0.25, 0.3) is 0 Å². The van der Waals surface area contributed by atoms with E-state index in [0.29, 0.717) is 11.8 Å². The zero-order valence-electron chi connectivity index (χ0n) is 18.4. The van der Waals surface area contributed by atoms with Crippen molar-refractivity contribution in [2.45, 2.75) is 89.5 Å². The van der Waals surface area contributed by atoms with Gasteiger partial charge in [0.15, 0.2) is 0 Å². The third kappa shape index (κ3) is 3.76. The summed E-state index contributed by atoms with van der Waals surface area (Å²) in [6.07, 6.45) is 2.45. The first-order valence-corrected chi connectivity index (χ1v) is 11.1. The molecule has 2 aliphatic rings. The molecule has 4 rings (SSSR count). The first kappa shape index (κ1) is 20.6. The fraction of sp³-hybridized carbons (Fsp3) is 0.538. The van der Waals surface area contributed by atoms with Gasteiger partial charge in [-0.25, -0.2) is 4.90 Å². The molecule has 29 heavy (non-hydrogen) atoms. The molecule has 6 unspecified atom stereocenters. The summed E-state index contributed by atoms with van der Waals surface area (Å²) in [4.78, 5) is 2.56. The molecule has 2 aliphatic heterocycles. The summed E-state index contributed by atoms with van der Waals surface area (Å²) < 4.78 is 13.1. The van der Waals surface area contributed by atoms with E-state index in [-0.39, 0.29) is 30.2 Å². The van der Waals surface area contributed by atoms with Crippen LogP contribution in [0.2, 0.25) is 0 Å². The number of hydrogen-bond donors (Lipinski definition) is 0. The van der Waals surface area contributed by atoms with Gasteiger partial charge in [0, 0.05) is 0 Å². The van der Waals surface area contributed by atoms with Crippen molar-refractivity contribution in [3.05, 3.63) is 71.8 Å². The van der Waals surface area contributed by atoms with Crippen molar-refractivity contribution in [3.8, 4) is 0 Å². The SMILES string of the molecule is CC(CC1OC(C)C2(C)C(C)OC(CC(C)c3ccccc3)N12)c1ccccc1. The van der Waals surface area contributed by atoms with E-state index in [1.807, 2.05) is 0 Å². The lowest BCUT2D eigenvalue weighted by Crippen LogP contribution is -2.52. The van der Waals surface area contributed by atoms with Gasteiger partial charge in [-0.15, -0.1) is 0 Å². The van der Waals surface area contributed by atoms with Gasteiger partial charge in [0.2, 0.25) is 0 Å². The lowest BCUT2D eigenvalue weighted by atomic mass is 9.89. The van der Waals surface area contributed by atoms with Crippen LogP contribution < -0.4 is 0 Å². The molecule has 0 amide bonds. The largest absolute Gasteiger partial charge is 0.358 e. The molecule has 0 radical (unpaired) electrons. The van der Waals surface area contributed by atoms with Crippen molar-refractivity contribution < 1.29 is 9.47 Å². The van der Waals surface area contributed by atoms with E-state index in [1.165, 1.54) is 11.1 Å². The van der Waals surface area contributed by atoms with Gasteiger partial charge in [-0.05, 0) is 56.6 Å². The quantitative estimate of drug-likeness (QED) is 0.608. The van der Waals surface area contributed by atoms with E-state index >= 15 is 0 Å². The summed E-state index contributed by atoms with van der Waals surface area (Å²) in [7, 11) is 0. The standard InChI is InChI=1S/C26H35NO2/c1-18(22-12-8-6-9-13-22)16-24-27-25(17-19(2)23-14-10-7-11-15-23)29-21(4)26(27,5)20(3)28-24/h6-15,18-21,24-25H,16-17H2,1-5H3. The van der Waals surface area contributed by atoms with Crippen LogP contribution in [0.15, 0.2) is 60.7 Å². The average molecular weight is 394 g/mol. The third-order valence-corrected chi connectivity index (χ3v) is 7.39. The van der Waals surface area contributed by atoms with Gasteiger partial charge in [0.1, 0.15) is 12.5 Å². The second kappa shape index (κ2) is 8.22. The van der Waals surface area contributed by atoms with Crippen molar-refractivity contribution in [1.82, 2.24) is 4.90 Å². The number of rotatable bonds is 6. The molecule has 3 nitrogen and oxygen atoms in total. The maximum absolute atomic E-state index is 6.56. The molecule has 0 saturated carbocycles. The maximum atomic E-state index is 6.56. The van der Waals surface area contributed by atoms with Crippen LogP contribution in [0.1, 0.15) is 70.4 Å². The van der Waals surface area contributed by atoms with Crippen LogP contribution in [-0.2, 0) is 9.47 Å². The van der Waals surface area contributed by atoms with Crippen molar-refractivity contribution in [2.24, 2.45) is 0 Å². The summed E-state index contributed by atoms with van der Waals surface area (Å²) in [6, 6.07) is 21.6. The van der Waals surface area contributed by atoms with Crippen molar-refractivity contribution in [1.29, 1.82) is 0 Å². The number of nitrogens with zero attached hydrogens (tertiary/aromatic N) is 1. The Bertz CT molecular complexity index is 729. The van der Waals surface area contributed by atoms with E-state index in [2.05, 4.69) is 100 Å². The highest BCUT2D eigenvalue weighted by Gasteiger charge is 2.60.